The first kappa shape index (κ1) is 25.4. The van der Waals surface area contributed by atoms with Gasteiger partial charge in [0.15, 0.2) is 0 Å². The SMILES string of the molecule is CCCCCCCCCCCCCCCCCC(=O)NN(CC)CCO. The third kappa shape index (κ3) is 18.2. The standard InChI is InChI=1S/C22H46N2O2/c1-3-5-6-7-8-9-10-11-12-13-14-15-16-17-18-19-22(26)23-24(4-2)20-21-25/h25H,3-21H2,1-2H3,(H,23,26). The van der Waals surface area contributed by atoms with Crippen LogP contribution in [0.15, 0.2) is 0 Å². The number of hydrazine groups is 1. The Morgan fingerprint density at radius 2 is 1.15 bits per heavy atom. The highest BCUT2D eigenvalue weighted by Crippen LogP contribution is 2.13. The summed E-state index contributed by atoms with van der Waals surface area (Å²) in [6.07, 6.45) is 20.7. The highest BCUT2D eigenvalue weighted by molar-refractivity contribution is 5.75. The van der Waals surface area contributed by atoms with E-state index in [2.05, 4.69) is 12.3 Å². The van der Waals surface area contributed by atoms with Crippen LogP contribution in [0, 0.1) is 0 Å². The lowest BCUT2D eigenvalue weighted by molar-refractivity contribution is -0.126. The van der Waals surface area contributed by atoms with Crippen LogP contribution >= 0.6 is 0 Å². The average molecular weight is 371 g/mol. The Morgan fingerprint density at radius 3 is 1.54 bits per heavy atom. The van der Waals surface area contributed by atoms with Crippen molar-refractivity contribution in [2.24, 2.45) is 0 Å². The molecule has 0 spiro atoms. The van der Waals surface area contributed by atoms with Gasteiger partial charge in [-0.15, -0.1) is 0 Å². The largest absolute Gasteiger partial charge is 0.395 e. The molecule has 4 heteroatoms. The number of amides is 1. The molecule has 0 heterocycles. The Labute approximate surface area is 163 Å². The fraction of sp³-hybridized carbons (Fsp3) is 0.955. The quantitative estimate of drug-likeness (QED) is 0.217. The molecular weight excluding hydrogens is 324 g/mol. The second kappa shape index (κ2) is 20.7. The zero-order valence-electron chi connectivity index (χ0n) is 17.7. The molecule has 0 aromatic rings. The lowest BCUT2D eigenvalue weighted by Crippen LogP contribution is -2.43. The summed E-state index contributed by atoms with van der Waals surface area (Å²) in [7, 11) is 0. The fourth-order valence-corrected chi connectivity index (χ4v) is 3.30. The van der Waals surface area contributed by atoms with E-state index < -0.39 is 0 Å². The van der Waals surface area contributed by atoms with Crippen LogP contribution in [0.5, 0.6) is 0 Å². The van der Waals surface area contributed by atoms with Crippen molar-refractivity contribution in [3.8, 4) is 0 Å². The van der Waals surface area contributed by atoms with Gasteiger partial charge in [-0.05, 0) is 6.42 Å². The monoisotopic (exact) mass is 370 g/mol. The molecule has 0 fully saturated rings. The first-order valence-electron chi connectivity index (χ1n) is 11.4. The van der Waals surface area contributed by atoms with Crippen LogP contribution in [0.25, 0.3) is 0 Å². The summed E-state index contributed by atoms with van der Waals surface area (Å²) in [5.74, 6) is 0.0787. The third-order valence-electron chi connectivity index (χ3n) is 5.04. The fourth-order valence-electron chi connectivity index (χ4n) is 3.30. The van der Waals surface area contributed by atoms with Crippen LogP contribution in [-0.4, -0.2) is 35.7 Å². The van der Waals surface area contributed by atoms with Crippen molar-refractivity contribution in [1.29, 1.82) is 0 Å². The number of aliphatic hydroxyl groups excluding tert-OH is 1. The number of aliphatic hydroxyl groups is 1. The van der Waals surface area contributed by atoms with Crippen LogP contribution in [0.2, 0.25) is 0 Å². The molecule has 0 aliphatic rings. The summed E-state index contributed by atoms with van der Waals surface area (Å²) in [4.78, 5) is 11.8. The summed E-state index contributed by atoms with van der Waals surface area (Å²) >= 11 is 0. The number of nitrogens with one attached hydrogen (secondary N) is 1. The third-order valence-corrected chi connectivity index (χ3v) is 5.04. The van der Waals surface area contributed by atoms with Crippen LogP contribution in [0.1, 0.15) is 117 Å². The lowest BCUT2D eigenvalue weighted by Gasteiger charge is -2.20. The van der Waals surface area contributed by atoms with Crippen molar-refractivity contribution in [2.45, 2.75) is 117 Å². The summed E-state index contributed by atoms with van der Waals surface area (Å²) in [5.41, 5.74) is 2.85. The molecular formula is C22H46N2O2. The Balaban J connectivity index is 3.22. The number of hydrogen-bond acceptors (Lipinski definition) is 3. The number of carbonyl (C=O) groups excluding carboxylic acids is 1. The van der Waals surface area contributed by atoms with Crippen molar-refractivity contribution >= 4 is 5.91 Å². The van der Waals surface area contributed by atoms with Gasteiger partial charge in [0.2, 0.25) is 5.91 Å². The van der Waals surface area contributed by atoms with Crippen LogP contribution in [-0.2, 0) is 4.79 Å². The van der Waals surface area contributed by atoms with Gasteiger partial charge in [0.1, 0.15) is 0 Å². The van der Waals surface area contributed by atoms with Crippen molar-refractivity contribution in [1.82, 2.24) is 10.4 Å². The smallest absolute Gasteiger partial charge is 0.234 e. The number of unbranched alkanes of at least 4 members (excludes halogenated alkanes) is 14. The van der Waals surface area contributed by atoms with Crippen LogP contribution in [0.4, 0.5) is 0 Å². The van der Waals surface area contributed by atoms with E-state index in [9.17, 15) is 4.79 Å². The van der Waals surface area contributed by atoms with Crippen molar-refractivity contribution < 1.29 is 9.90 Å². The Bertz CT molecular complexity index is 298. The average Bonchev–Trinajstić information content (AvgIpc) is 2.64. The number of hydrogen-bond donors (Lipinski definition) is 2. The maximum Gasteiger partial charge on any atom is 0.234 e. The summed E-state index contributed by atoms with van der Waals surface area (Å²) in [6, 6.07) is 0. The van der Waals surface area contributed by atoms with Gasteiger partial charge in [-0.2, -0.15) is 0 Å². The molecule has 0 aliphatic carbocycles. The molecule has 2 N–H and O–H groups in total. The molecule has 0 saturated carbocycles. The Kier molecular flexibility index (Phi) is 20.2. The molecule has 156 valence electrons. The van der Waals surface area contributed by atoms with E-state index in [0.717, 1.165) is 19.4 Å². The summed E-state index contributed by atoms with van der Waals surface area (Å²) < 4.78 is 0. The minimum Gasteiger partial charge on any atom is -0.395 e. The first-order chi connectivity index (χ1) is 12.7. The van der Waals surface area contributed by atoms with E-state index in [1.165, 1.54) is 83.5 Å². The van der Waals surface area contributed by atoms with Crippen molar-refractivity contribution in [3.05, 3.63) is 0 Å². The summed E-state index contributed by atoms with van der Waals surface area (Å²) in [5, 5.41) is 10.7. The molecule has 0 aromatic heterocycles. The number of carbonyl (C=O) groups is 1. The van der Waals surface area contributed by atoms with Gasteiger partial charge in [-0.25, -0.2) is 5.01 Å². The minimum atomic E-state index is 0.0765. The van der Waals surface area contributed by atoms with E-state index in [1.54, 1.807) is 5.01 Å². The van der Waals surface area contributed by atoms with E-state index in [-0.39, 0.29) is 12.5 Å². The molecule has 0 radical (unpaired) electrons. The van der Waals surface area contributed by atoms with Gasteiger partial charge in [0, 0.05) is 19.5 Å². The van der Waals surface area contributed by atoms with E-state index in [1.807, 2.05) is 6.92 Å². The minimum absolute atomic E-state index is 0.0765. The molecule has 0 saturated heterocycles. The highest BCUT2D eigenvalue weighted by atomic mass is 16.3. The second-order valence-electron chi connectivity index (χ2n) is 7.54. The van der Waals surface area contributed by atoms with E-state index in [4.69, 9.17) is 5.11 Å². The molecule has 0 aromatic carbocycles. The molecule has 0 aliphatic heterocycles. The molecule has 0 rings (SSSR count). The van der Waals surface area contributed by atoms with Gasteiger partial charge in [-0.3, -0.25) is 10.2 Å². The number of rotatable bonds is 20. The Hall–Kier alpha value is -0.610. The lowest BCUT2D eigenvalue weighted by atomic mass is 10.0. The van der Waals surface area contributed by atoms with E-state index in [0.29, 0.717) is 13.0 Å². The van der Waals surface area contributed by atoms with Gasteiger partial charge in [-0.1, -0.05) is 104 Å². The topological polar surface area (TPSA) is 52.6 Å². The predicted molar refractivity (Wildman–Crippen MR) is 112 cm³/mol. The van der Waals surface area contributed by atoms with E-state index >= 15 is 0 Å². The number of likely N-dealkylation sites (N-methyl/N-ethyl adjacent to an activating group) is 1. The molecule has 0 atom stereocenters. The molecule has 0 bridgehead atoms. The number of nitrogens with zero attached hydrogens (tertiary/aromatic N) is 1. The van der Waals surface area contributed by atoms with Crippen LogP contribution in [0.3, 0.4) is 0 Å². The van der Waals surface area contributed by atoms with Crippen LogP contribution < -0.4 is 5.43 Å². The zero-order valence-corrected chi connectivity index (χ0v) is 17.7. The molecule has 1 amide bonds. The second-order valence-corrected chi connectivity index (χ2v) is 7.54. The first-order valence-corrected chi connectivity index (χ1v) is 11.4. The maximum absolute atomic E-state index is 11.8. The normalized spacial score (nSPS) is 11.2. The van der Waals surface area contributed by atoms with Gasteiger partial charge < -0.3 is 5.11 Å². The molecule has 0 unspecified atom stereocenters. The summed E-state index contributed by atoms with van der Waals surface area (Å²) in [6.45, 7) is 5.56. The van der Waals surface area contributed by atoms with Crippen molar-refractivity contribution in [3.63, 3.8) is 0 Å². The van der Waals surface area contributed by atoms with Gasteiger partial charge >= 0.3 is 0 Å². The van der Waals surface area contributed by atoms with Crippen molar-refractivity contribution in [2.75, 3.05) is 19.7 Å². The molecule has 4 nitrogen and oxygen atoms in total. The Morgan fingerprint density at radius 1 is 0.731 bits per heavy atom. The van der Waals surface area contributed by atoms with Gasteiger partial charge in [0.05, 0.1) is 6.61 Å². The predicted octanol–water partition coefficient (Wildman–Crippen LogP) is 5.59. The maximum atomic E-state index is 11.8. The highest BCUT2D eigenvalue weighted by Gasteiger charge is 2.06. The molecule has 26 heavy (non-hydrogen) atoms. The zero-order chi connectivity index (χ0) is 19.3. The van der Waals surface area contributed by atoms with Gasteiger partial charge in [0.25, 0.3) is 0 Å².